The topological polar surface area (TPSA) is 0 Å². The Morgan fingerprint density at radius 1 is 0.406 bits per heavy atom. The molecule has 7 rings (SSSR count). The molecule has 0 atom stereocenters. The largest absolute Gasteiger partial charge is 0.140 e. The average molecular weight is 483 g/mol. The van der Waals surface area contributed by atoms with Gasteiger partial charge in [-0.15, -0.1) is 45.3 Å². The van der Waals surface area contributed by atoms with Crippen LogP contribution in [-0.2, 0) is 0 Å². The van der Waals surface area contributed by atoms with Gasteiger partial charge >= 0.3 is 0 Å². The van der Waals surface area contributed by atoms with Gasteiger partial charge in [-0.3, -0.25) is 0 Å². The van der Waals surface area contributed by atoms with E-state index in [-0.39, 0.29) is 0 Å². The summed E-state index contributed by atoms with van der Waals surface area (Å²) in [6.45, 7) is 4.36. The molecule has 7 aromatic rings. The lowest BCUT2D eigenvalue weighted by atomic mass is 9.99. The second-order valence-corrected chi connectivity index (χ2v) is 13.0. The second-order valence-electron chi connectivity index (χ2n) is 8.29. The predicted molar refractivity (Wildman–Crippen MR) is 148 cm³/mol. The maximum absolute atomic E-state index is 2.40. The summed E-state index contributed by atoms with van der Waals surface area (Å²) in [5.74, 6) is 0. The Balaban J connectivity index is 1.46. The van der Waals surface area contributed by atoms with E-state index in [0.717, 1.165) is 0 Å². The van der Waals surface area contributed by atoms with Crippen molar-refractivity contribution in [2.24, 2.45) is 0 Å². The number of fused-ring (bicyclic) bond motifs is 6. The molecule has 0 aliphatic heterocycles. The molecule has 0 radical (unpaired) electrons. The first-order valence-corrected chi connectivity index (χ1v) is 13.9. The van der Waals surface area contributed by atoms with Crippen molar-refractivity contribution in [3.05, 3.63) is 82.6 Å². The van der Waals surface area contributed by atoms with E-state index in [2.05, 4.69) is 86.6 Å². The van der Waals surface area contributed by atoms with E-state index < -0.39 is 0 Å². The summed E-state index contributed by atoms with van der Waals surface area (Å²) in [6.07, 6.45) is 0. The van der Waals surface area contributed by atoms with Crippen LogP contribution in [0, 0.1) is 13.8 Å². The SMILES string of the molecule is Cc1ccc(-c2cc3c(ccc4cc5c(ccc6sc(-c7ccc(C)s7)cc65)cc43)s2)s1. The molecule has 3 aromatic carbocycles. The molecular formula is C28H18S4. The second kappa shape index (κ2) is 7.00. The number of benzene rings is 3. The number of aryl methyl sites for hydroxylation is 2. The number of thiophene rings is 4. The monoisotopic (exact) mass is 482 g/mol. The van der Waals surface area contributed by atoms with Gasteiger partial charge in [0, 0.05) is 49.4 Å². The van der Waals surface area contributed by atoms with Crippen LogP contribution in [0.1, 0.15) is 9.75 Å². The van der Waals surface area contributed by atoms with E-state index in [9.17, 15) is 0 Å². The first-order chi connectivity index (χ1) is 15.6. The third-order valence-electron chi connectivity index (χ3n) is 6.12. The standard InChI is InChI=1S/C28H18S4/c1-15-3-7-25(29-15)27-13-21-19-11-18-6-10-24-22(14-28(32-24)26-8-4-16(2)30-26)20(18)12-17(19)5-9-23(21)31-27/h3-14H,1-2H3. The predicted octanol–water partition coefficient (Wildman–Crippen LogP) is 10.5. The van der Waals surface area contributed by atoms with E-state index >= 15 is 0 Å². The van der Waals surface area contributed by atoms with Crippen LogP contribution >= 0.6 is 45.3 Å². The first kappa shape index (κ1) is 19.0. The zero-order chi connectivity index (χ0) is 21.4. The molecule has 0 spiro atoms. The molecule has 4 heterocycles. The molecule has 0 N–H and O–H groups in total. The van der Waals surface area contributed by atoms with Gasteiger partial charge in [-0.2, -0.15) is 0 Å². The van der Waals surface area contributed by atoms with Crippen molar-refractivity contribution in [2.75, 3.05) is 0 Å². The Kier molecular flexibility index (Phi) is 4.16. The molecule has 0 aliphatic rings. The highest BCUT2D eigenvalue weighted by atomic mass is 32.1. The summed E-state index contributed by atoms with van der Waals surface area (Å²) in [5.41, 5.74) is 0. The fourth-order valence-electron chi connectivity index (χ4n) is 4.56. The summed E-state index contributed by atoms with van der Waals surface area (Å²) in [7, 11) is 0. The zero-order valence-electron chi connectivity index (χ0n) is 17.6. The van der Waals surface area contributed by atoms with Gasteiger partial charge in [-0.1, -0.05) is 12.1 Å². The third kappa shape index (κ3) is 2.91. The van der Waals surface area contributed by atoms with Gasteiger partial charge in [0.1, 0.15) is 0 Å². The van der Waals surface area contributed by atoms with Crippen molar-refractivity contribution in [2.45, 2.75) is 13.8 Å². The number of hydrogen-bond acceptors (Lipinski definition) is 4. The van der Waals surface area contributed by atoms with Crippen LogP contribution in [0.25, 0.3) is 61.2 Å². The lowest BCUT2D eigenvalue weighted by molar-refractivity contribution is 1.64. The van der Waals surface area contributed by atoms with Crippen molar-refractivity contribution in [1.29, 1.82) is 0 Å². The molecule has 0 aliphatic carbocycles. The fraction of sp³-hybridized carbons (Fsp3) is 0.0714. The molecule has 0 saturated heterocycles. The number of hydrogen-bond donors (Lipinski definition) is 0. The van der Waals surface area contributed by atoms with E-state index in [1.165, 1.54) is 71.0 Å². The molecular weight excluding hydrogens is 465 g/mol. The smallest absolute Gasteiger partial charge is 0.0455 e. The Morgan fingerprint density at radius 2 is 0.875 bits per heavy atom. The van der Waals surface area contributed by atoms with Crippen molar-refractivity contribution in [3.63, 3.8) is 0 Å². The van der Waals surface area contributed by atoms with Crippen LogP contribution in [0.2, 0.25) is 0 Å². The Morgan fingerprint density at radius 3 is 1.28 bits per heavy atom. The van der Waals surface area contributed by atoms with Crippen LogP contribution < -0.4 is 0 Å². The number of rotatable bonds is 2. The van der Waals surface area contributed by atoms with Gasteiger partial charge in [0.15, 0.2) is 0 Å². The van der Waals surface area contributed by atoms with Gasteiger partial charge in [0.25, 0.3) is 0 Å². The van der Waals surface area contributed by atoms with Gasteiger partial charge in [-0.25, -0.2) is 0 Å². The molecule has 0 amide bonds. The Labute approximate surface area is 202 Å². The molecule has 32 heavy (non-hydrogen) atoms. The summed E-state index contributed by atoms with van der Waals surface area (Å²) >= 11 is 7.56. The molecule has 154 valence electrons. The van der Waals surface area contributed by atoms with Crippen LogP contribution in [0.3, 0.4) is 0 Å². The fourth-order valence-corrected chi connectivity index (χ4v) is 8.61. The van der Waals surface area contributed by atoms with E-state index in [1.54, 1.807) is 0 Å². The average Bonchev–Trinajstić information content (AvgIpc) is 3.57. The molecule has 0 nitrogen and oxygen atoms in total. The van der Waals surface area contributed by atoms with E-state index in [4.69, 9.17) is 0 Å². The molecule has 0 unspecified atom stereocenters. The Hall–Kier alpha value is -2.50. The minimum absolute atomic E-state index is 1.32. The van der Waals surface area contributed by atoms with Crippen LogP contribution in [0.15, 0.2) is 72.8 Å². The lowest BCUT2D eigenvalue weighted by Crippen LogP contribution is -1.78. The molecule has 4 heteroatoms. The van der Waals surface area contributed by atoms with Gasteiger partial charge < -0.3 is 0 Å². The lowest BCUT2D eigenvalue weighted by Gasteiger charge is -2.05. The van der Waals surface area contributed by atoms with Crippen LogP contribution in [-0.4, -0.2) is 0 Å². The maximum atomic E-state index is 2.40. The summed E-state index contributed by atoms with van der Waals surface area (Å²) < 4.78 is 2.73. The molecule has 0 fully saturated rings. The van der Waals surface area contributed by atoms with Crippen molar-refractivity contribution in [1.82, 2.24) is 0 Å². The first-order valence-electron chi connectivity index (χ1n) is 10.6. The van der Waals surface area contributed by atoms with Crippen molar-refractivity contribution < 1.29 is 0 Å². The van der Waals surface area contributed by atoms with Crippen molar-refractivity contribution in [3.8, 4) is 19.5 Å². The third-order valence-corrected chi connectivity index (χ3v) is 10.7. The van der Waals surface area contributed by atoms with E-state index in [1.807, 2.05) is 45.3 Å². The van der Waals surface area contributed by atoms with Gasteiger partial charge in [0.05, 0.1) is 0 Å². The van der Waals surface area contributed by atoms with Crippen LogP contribution in [0.5, 0.6) is 0 Å². The minimum Gasteiger partial charge on any atom is -0.140 e. The van der Waals surface area contributed by atoms with Crippen LogP contribution in [0.4, 0.5) is 0 Å². The highest BCUT2D eigenvalue weighted by Crippen LogP contribution is 2.43. The highest BCUT2D eigenvalue weighted by molar-refractivity contribution is 7.26. The van der Waals surface area contributed by atoms with Gasteiger partial charge in [-0.05, 0) is 96.1 Å². The highest BCUT2D eigenvalue weighted by Gasteiger charge is 2.13. The summed E-state index contributed by atoms with van der Waals surface area (Å²) in [4.78, 5) is 8.21. The van der Waals surface area contributed by atoms with Gasteiger partial charge in [0.2, 0.25) is 0 Å². The van der Waals surface area contributed by atoms with E-state index in [0.29, 0.717) is 0 Å². The normalized spacial score (nSPS) is 12.1. The van der Waals surface area contributed by atoms with Crippen molar-refractivity contribution >= 4 is 87.1 Å². The molecule has 0 bridgehead atoms. The maximum Gasteiger partial charge on any atom is 0.0455 e. The molecule has 4 aromatic heterocycles. The summed E-state index contributed by atoms with van der Waals surface area (Å²) in [5, 5.41) is 8.10. The molecule has 0 saturated carbocycles. The quantitative estimate of drug-likeness (QED) is 0.215. The summed E-state index contributed by atoms with van der Waals surface area (Å²) in [6, 6.07) is 27.7. The zero-order valence-corrected chi connectivity index (χ0v) is 20.8. The Bertz CT molecular complexity index is 1670. The minimum atomic E-state index is 1.32.